The maximum absolute atomic E-state index is 14.1. The number of fused-ring (bicyclic) bond motifs is 4. The number of nitrogens with one attached hydrogen (secondary N) is 4. The number of ether oxygens (including phenoxy) is 2. The van der Waals surface area contributed by atoms with E-state index in [2.05, 4.69) is 32.9 Å². The number of rotatable bonds is 6. The van der Waals surface area contributed by atoms with Gasteiger partial charge in [0.1, 0.15) is 26.9 Å². The smallest absolute Gasteiger partial charge is 0.395 e. The van der Waals surface area contributed by atoms with Crippen molar-refractivity contribution >= 4 is 87.6 Å². The van der Waals surface area contributed by atoms with E-state index in [-0.39, 0.29) is 20.9 Å². The van der Waals surface area contributed by atoms with Crippen molar-refractivity contribution in [3.8, 4) is 23.6 Å². The van der Waals surface area contributed by atoms with E-state index in [1.54, 1.807) is 18.2 Å². The Morgan fingerprint density at radius 3 is 2.02 bits per heavy atom. The van der Waals surface area contributed by atoms with E-state index in [1.165, 1.54) is 42.7 Å². The Morgan fingerprint density at radius 2 is 1.37 bits per heavy atom. The van der Waals surface area contributed by atoms with Gasteiger partial charge in [0.2, 0.25) is 0 Å². The standard InChI is InChI=1S/C16H8F3N3O4S.C15H8ClN5O2S2/c17-10-4-13-14(26-16(18,19)25-13)5-12(10)22-27(23,24)15-7-21-11-3-8(6-20)1-2-9(11)15;16-9-2-3-10-12(5-9)18-7-13(10)25(22,23)21-11-4-1-8(6-17)14-15(11)20-24-19-14/h1-5,7,21-22H;1-5,7,18,21H. The SMILES string of the molecule is N#Cc1ccc(NS(=O)(=O)c2c[nH]c3cc(Cl)ccc23)c2nsnc12.N#Cc1ccc2c(S(=O)(=O)Nc3cc4c(cc3F)OC(F)(F)O4)c[nH]c2c1. The van der Waals surface area contributed by atoms with Crippen molar-refractivity contribution < 1.29 is 39.5 Å². The minimum absolute atomic E-state index is 0.0971. The molecule has 4 heterocycles. The Labute approximate surface area is 299 Å². The van der Waals surface area contributed by atoms with Crippen LogP contribution in [0.2, 0.25) is 5.02 Å². The van der Waals surface area contributed by atoms with Crippen molar-refractivity contribution in [3.05, 3.63) is 95.0 Å². The molecule has 0 saturated carbocycles. The molecule has 21 heteroatoms. The number of anilines is 2. The highest BCUT2D eigenvalue weighted by atomic mass is 35.5. The fourth-order valence-corrected chi connectivity index (χ4v) is 8.40. The molecule has 1 aliphatic heterocycles. The monoisotopic (exact) mass is 784 g/mol. The van der Waals surface area contributed by atoms with Gasteiger partial charge in [-0.15, -0.1) is 8.78 Å². The van der Waals surface area contributed by atoms with Crippen LogP contribution in [0.1, 0.15) is 11.1 Å². The normalized spacial score (nSPS) is 13.3. The zero-order valence-corrected chi connectivity index (χ0v) is 28.6. The van der Waals surface area contributed by atoms with Crippen LogP contribution in [0.3, 0.4) is 0 Å². The largest absolute Gasteiger partial charge is 0.586 e. The highest BCUT2D eigenvalue weighted by Gasteiger charge is 2.44. The summed E-state index contributed by atoms with van der Waals surface area (Å²) in [4.78, 5) is 5.51. The highest BCUT2D eigenvalue weighted by Crippen LogP contribution is 2.44. The zero-order chi connectivity index (χ0) is 37.0. The molecule has 0 saturated heterocycles. The maximum Gasteiger partial charge on any atom is 0.586 e. The van der Waals surface area contributed by atoms with Crippen LogP contribution < -0.4 is 18.9 Å². The number of hydrogen-bond donors (Lipinski definition) is 4. The number of nitriles is 2. The number of halogens is 4. The molecule has 3 aromatic heterocycles. The van der Waals surface area contributed by atoms with E-state index in [1.807, 2.05) is 16.9 Å². The lowest BCUT2D eigenvalue weighted by atomic mass is 10.2. The summed E-state index contributed by atoms with van der Waals surface area (Å²) >= 11 is 6.85. The van der Waals surface area contributed by atoms with Gasteiger partial charge in [-0.3, -0.25) is 9.44 Å². The lowest BCUT2D eigenvalue weighted by molar-refractivity contribution is -0.286. The van der Waals surface area contributed by atoms with E-state index in [9.17, 15) is 30.0 Å². The second-order valence-corrected chi connectivity index (χ2v) is 15.0. The van der Waals surface area contributed by atoms with Crippen LogP contribution in [0, 0.1) is 28.5 Å². The highest BCUT2D eigenvalue weighted by molar-refractivity contribution is 7.93. The van der Waals surface area contributed by atoms with Gasteiger partial charge in [-0.05, 0) is 42.5 Å². The van der Waals surface area contributed by atoms with Crippen molar-refractivity contribution in [2.45, 2.75) is 16.1 Å². The Bertz CT molecular complexity index is 2900. The number of sulfonamides is 2. The zero-order valence-electron chi connectivity index (χ0n) is 25.4. The maximum atomic E-state index is 14.1. The summed E-state index contributed by atoms with van der Waals surface area (Å²) < 4.78 is 112. The predicted molar refractivity (Wildman–Crippen MR) is 183 cm³/mol. The van der Waals surface area contributed by atoms with Crippen molar-refractivity contribution in [3.63, 3.8) is 0 Å². The molecule has 4 aromatic carbocycles. The number of aromatic amines is 2. The second-order valence-electron chi connectivity index (χ2n) is 10.8. The second kappa shape index (κ2) is 12.6. The van der Waals surface area contributed by atoms with Gasteiger partial charge in [-0.1, -0.05) is 17.7 Å². The molecule has 0 atom stereocenters. The van der Waals surface area contributed by atoms with Gasteiger partial charge in [-0.2, -0.15) is 19.3 Å². The topological polar surface area (TPSA) is 216 Å². The quantitative estimate of drug-likeness (QED) is 0.138. The van der Waals surface area contributed by atoms with Crippen LogP contribution in [-0.4, -0.2) is 41.8 Å². The summed E-state index contributed by atoms with van der Waals surface area (Å²) in [5, 5.41) is 19.3. The third-order valence-corrected chi connectivity index (χ3v) is 11.0. The lowest BCUT2D eigenvalue weighted by Gasteiger charge is -2.09. The van der Waals surface area contributed by atoms with Crippen LogP contribution in [0.4, 0.5) is 24.5 Å². The molecule has 0 amide bonds. The summed E-state index contributed by atoms with van der Waals surface area (Å²) in [5.41, 5.74) is 2.07. The number of alkyl halides is 2. The van der Waals surface area contributed by atoms with Crippen LogP contribution in [0.5, 0.6) is 11.5 Å². The number of nitrogens with zero attached hydrogens (tertiary/aromatic N) is 4. The third kappa shape index (κ3) is 6.35. The fourth-order valence-electron chi connectivity index (χ4n) is 5.17. The third-order valence-electron chi connectivity index (χ3n) is 7.47. The number of H-pyrrole nitrogens is 2. The van der Waals surface area contributed by atoms with Gasteiger partial charge in [0.15, 0.2) is 17.3 Å². The van der Waals surface area contributed by atoms with Gasteiger partial charge in [0.25, 0.3) is 20.0 Å². The first-order chi connectivity index (χ1) is 24.7. The van der Waals surface area contributed by atoms with E-state index < -0.39 is 49.3 Å². The molecule has 0 fully saturated rings. The lowest BCUT2D eigenvalue weighted by Crippen LogP contribution is -2.25. The summed E-state index contributed by atoms with van der Waals surface area (Å²) in [6.45, 7) is 0. The molecular weight excluding hydrogens is 769 g/mol. The molecule has 0 unspecified atom stereocenters. The first kappa shape index (κ1) is 34.4. The average Bonchev–Trinajstić information content (AvgIpc) is 3.89. The van der Waals surface area contributed by atoms with E-state index in [0.29, 0.717) is 49.7 Å². The van der Waals surface area contributed by atoms with Crippen molar-refractivity contribution in [1.82, 2.24) is 18.7 Å². The van der Waals surface area contributed by atoms with Crippen molar-refractivity contribution in [1.29, 1.82) is 10.5 Å². The average molecular weight is 785 g/mol. The van der Waals surface area contributed by atoms with E-state index in [0.717, 1.165) is 17.8 Å². The van der Waals surface area contributed by atoms with Crippen molar-refractivity contribution in [2.24, 2.45) is 0 Å². The summed E-state index contributed by atoms with van der Waals surface area (Å²) in [6.07, 6.45) is -1.38. The molecule has 262 valence electrons. The predicted octanol–water partition coefficient (Wildman–Crippen LogP) is 6.80. The molecule has 0 aliphatic carbocycles. The van der Waals surface area contributed by atoms with Gasteiger partial charge >= 0.3 is 6.29 Å². The number of benzene rings is 4. The van der Waals surface area contributed by atoms with Crippen LogP contribution in [-0.2, 0) is 20.0 Å². The number of hydrogen-bond acceptors (Lipinski definition) is 11. The fraction of sp³-hybridized carbons (Fsp3) is 0.0323. The first-order valence-electron chi connectivity index (χ1n) is 14.3. The van der Waals surface area contributed by atoms with E-state index in [4.69, 9.17) is 22.1 Å². The van der Waals surface area contributed by atoms with E-state index >= 15 is 0 Å². The van der Waals surface area contributed by atoms with Gasteiger partial charge in [0, 0.05) is 51.4 Å². The number of aromatic nitrogens is 4. The molecule has 0 radical (unpaired) electrons. The Hall–Kier alpha value is -6.06. The Kier molecular flexibility index (Phi) is 8.34. The molecule has 14 nitrogen and oxygen atoms in total. The van der Waals surface area contributed by atoms with Crippen molar-refractivity contribution in [2.75, 3.05) is 9.44 Å². The van der Waals surface area contributed by atoms with Crippen LogP contribution in [0.25, 0.3) is 32.8 Å². The molecule has 1 aliphatic rings. The van der Waals surface area contributed by atoms with Gasteiger partial charge in [0.05, 0.1) is 40.3 Å². The molecule has 8 rings (SSSR count). The molecule has 4 N–H and O–H groups in total. The molecule has 7 aromatic rings. The summed E-state index contributed by atoms with van der Waals surface area (Å²) in [7, 11) is -8.14. The minimum Gasteiger partial charge on any atom is -0.395 e. The minimum atomic E-state index is -4.27. The van der Waals surface area contributed by atoms with Gasteiger partial charge < -0.3 is 19.4 Å². The summed E-state index contributed by atoms with van der Waals surface area (Å²) in [6, 6.07) is 17.6. The molecule has 0 spiro atoms. The van der Waals surface area contributed by atoms with Crippen LogP contribution in [0.15, 0.2) is 82.8 Å². The van der Waals surface area contributed by atoms with Gasteiger partial charge in [-0.25, -0.2) is 21.2 Å². The molecule has 0 bridgehead atoms. The summed E-state index contributed by atoms with van der Waals surface area (Å²) in [5.74, 6) is -2.17. The molecular formula is C31H16ClF3N8O6S3. The molecule has 52 heavy (non-hydrogen) atoms. The Balaban J connectivity index is 0.000000162. The van der Waals surface area contributed by atoms with Crippen LogP contribution >= 0.6 is 23.3 Å². The first-order valence-corrected chi connectivity index (χ1v) is 18.3. The Morgan fingerprint density at radius 1 is 0.769 bits per heavy atom.